The Hall–Kier alpha value is -4.24. The molecule has 0 unspecified atom stereocenters. The normalized spacial score (nSPS) is 14.2. The Morgan fingerprint density at radius 2 is 1.18 bits per heavy atom. The van der Waals surface area contributed by atoms with Gasteiger partial charge in [-0.25, -0.2) is 0 Å². The van der Waals surface area contributed by atoms with Crippen LogP contribution in [0.1, 0.15) is 22.3 Å². The van der Waals surface area contributed by atoms with Gasteiger partial charge in [-0.1, -0.05) is 120 Å². The average molecular weight is 549 g/mol. The maximum absolute atomic E-state index is 6.95. The fourth-order valence-electron chi connectivity index (χ4n) is 6.98. The third-order valence-electron chi connectivity index (χ3n) is 8.63. The highest BCUT2D eigenvalue weighted by Crippen LogP contribution is 2.63. The average Bonchev–Trinajstić information content (AvgIpc) is 3.52. The molecule has 1 aliphatic carbocycles. The lowest BCUT2D eigenvalue weighted by atomic mass is 9.67. The lowest BCUT2D eigenvalue weighted by Gasteiger charge is -2.40. The highest BCUT2D eigenvalue weighted by Gasteiger charge is 2.50. The zero-order chi connectivity index (χ0) is 26.4. The standard InChI is InChI=1S/C37H21ClOS/c38-32-14-7-13-31-36(32)40-35-21-23(22-16-18-27-26-10-3-6-15-33(26)39-34(27)20-22)17-19-30(35)37(31)28-11-4-1-8-24(28)25-9-2-5-12-29(25)37/h1-21H. The first-order chi connectivity index (χ1) is 19.7. The van der Waals surface area contributed by atoms with E-state index < -0.39 is 5.41 Å². The highest BCUT2D eigenvalue weighted by molar-refractivity contribution is 7.99. The van der Waals surface area contributed by atoms with E-state index in [4.69, 9.17) is 16.0 Å². The number of benzene rings is 6. The second-order valence-electron chi connectivity index (χ2n) is 10.6. The summed E-state index contributed by atoms with van der Waals surface area (Å²) in [6.07, 6.45) is 0. The maximum Gasteiger partial charge on any atom is 0.136 e. The molecule has 2 aliphatic rings. The summed E-state index contributed by atoms with van der Waals surface area (Å²) in [6.45, 7) is 0. The molecule has 0 bridgehead atoms. The van der Waals surface area contributed by atoms with Crippen molar-refractivity contribution < 1.29 is 4.42 Å². The van der Waals surface area contributed by atoms with E-state index in [1.165, 1.54) is 43.8 Å². The summed E-state index contributed by atoms with van der Waals surface area (Å²) in [5.41, 5.74) is 11.5. The number of halogens is 1. The molecule has 9 rings (SSSR count). The van der Waals surface area contributed by atoms with Gasteiger partial charge in [-0.15, -0.1) is 0 Å². The molecular formula is C37H21ClOS. The Bertz CT molecular complexity index is 2130. The number of furan rings is 1. The molecule has 0 amide bonds. The van der Waals surface area contributed by atoms with Crippen molar-refractivity contribution in [2.45, 2.75) is 15.2 Å². The number of hydrogen-bond acceptors (Lipinski definition) is 2. The zero-order valence-electron chi connectivity index (χ0n) is 21.3. The van der Waals surface area contributed by atoms with Crippen molar-refractivity contribution in [2.75, 3.05) is 0 Å². The van der Waals surface area contributed by atoms with E-state index in [-0.39, 0.29) is 0 Å². The van der Waals surface area contributed by atoms with Crippen LogP contribution in [0.5, 0.6) is 0 Å². The minimum atomic E-state index is -0.421. The zero-order valence-corrected chi connectivity index (χ0v) is 22.9. The van der Waals surface area contributed by atoms with Gasteiger partial charge in [0.1, 0.15) is 11.2 Å². The second-order valence-corrected chi connectivity index (χ2v) is 12.0. The maximum atomic E-state index is 6.95. The predicted molar refractivity (Wildman–Crippen MR) is 166 cm³/mol. The van der Waals surface area contributed by atoms with Gasteiger partial charge < -0.3 is 4.42 Å². The van der Waals surface area contributed by atoms with Gasteiger partial charge in [-0.2, -0.15) is 0 Å². The fraction of sp³-hybridized carbons (Fsp3) is 0.0270. The molecule has 1 spiro atoms. The Morgan fingerprint density at radius 3 is 2.00 bits per heavy atom. The van der Waals surface area contributed by atoms with E-state index in [0.29, 0.717) is 0 Å². The van der Waals surface area contributed by atoms with E-state index in [1.807, 2.05) is 18.2 Å². The summed E-state index contributed by atoms with van der Waals surface area (Å²) in [7, 11) is 0. The monoisotopic (exact) mass is 548 g/mol. The first kappa shape index (κ1) is 22.6. The van der Waals surface area contributed by atoms with Crippen LogP contribution in [0.25, 0.3) is 44.2 Å². The van der Waals surface area contributed by atoms with E-state index in [9.17, 15) is 0 Å². The topological polar surface area (TPSA) is 13.1 Å². The number of hydrogen-bond donors (Lipinski definition) is 0. The van der Waals surface area contributed by atoms with Crippen LogP contribution in [-0.2, 0) is 5.41 Å². The Labute approximate surface area is 241 Å². The van der Waals surface area contributed by atoms with Crippen molar-refractivity contribution in [3.8, 4) is 22.3 Å². The summed E-state index contributed by atoms with van der Waals surface area (Å²) in [5.74, 6) is 0. The molecule has 0 fully saturated rings. The van der Waals surface area contributed by atoms with Gasteiger partial charge in [0.2, 0.25) is 0 Å². The second kappa shape index (κ2) is 8.14. The van der Waals surface area contributed by atoms with Gasteiger partial charge >= 0.3 is 0 Å². The Kier molecular flexibility index (Phi) is 4.59. The first-order valence-corrected chi connectivity index (χ1v) is 14.7. The quantitative estimate of drug-likeness (QED) is 0.202. The Morgan fingerprint density at radius 1 is 0.525 bits per heavy atom. The molecule has 3 heteroatoms. The van der Waals surface area contributed by atoms with E-state index in [2.05, 4.69) is 109 Å². The van der Waals surface area contributed by atoms with Crippen LogP contribution >= 0.6 is 23.4 Å². The Balaban J connectivity index is 1.31. The molecule has 188 valence electrons. The molecule has 40 heavy (non-hydrogen) atoms. The van der Waals surface area contributed by atoms with Crippen molar-refractivity contribution >= 4 is 45.3 Å². The predicted octanol–water partition coefficient (Wildman–Crippen LogP) is 10.7. The van der Waals surface area contributed by atoms with Crippen molar-refractivity contribution in [3.63, 3.8) is 0 Å². The molecule has 6 aromatic carbocycles. The smallest absolute Gasteiger partial charge is 0.136 e. The summed E-state index contributed by atoms with van der Waals surface area (Å²) >= 11 is 8.73. The molecule has 0 saturated heterocycles. The largest absolute Gasteiger partial charge is 0.456 e. The van der Waals surface area contributed by atoms with Crippen LogP contribution in [0.15, 0.2) is 142 Å². The molecule has 0 radical (unpaired) electrons. The SMILES string of the molecule is Clc1cccc2c1Sc1cc(-c3ccc4c(c3)oc3ccccc34)ccc1C21c2ccccc2-c2ccccc21. The van der Waals surface area contributed by atoms with E-state index >= 15 is 0 Å². The molecule has 0 saturated carbocycles. The highest BCUT2D eigenvalue weighted by atomic mass is 35.5. The fourth-order valence-corrected chi connectivity index (χ4v) is 8.50. The molecule has 0 N–H and O–H groups in total. The summed E-state index contributed by atoms with van der Waals surface area (Å²) in [6, 6.07) is 45.8. The van der Waals surface area contributed by atoms with Crippen LogP contribution in [0, 0.1) is 0 Å². The van der Waals surface area contributed by atoms with Gasteiger partial charge in [-0.05, 0) is 74.8 Å². The summed E-state index contributed by atoms with van der Waals surface area (Å²) < 4.78 is 6.22. The lowest BCUT2D eigenvalue weighted by molar-refractivity contribution is 0.669. The van der Waals surface area contributed by atoms with Gasteiger partial charge in [0.15, 0.2) is 0 Å². The minimum Gasteiger partial charge on any atom is -0.456 e. The minimum absolute atomic E-state index is 0.421. The van der Waals surface area contributed by atoms with Gasteiger partial charge in [0.05, 0.1) is 10.4 Å². The van der Waals surface area contributed by atoms with Crippen molar-refractivity contribution in [3.05, 3.63) is 155 Å². The van der Waals surface area contributed by atoms with Crippen LogP contribution in [0.2, 0.25) is 5.02 Å². The van der Waals surface area contributed by atoms with Gasteiger partial charge in [-0.3, -0.25) is 0 Å². The molecule has 1 aromatic heterocycles. The molecule has 1 nitrogen and oxygen atoms in total. The molecule has 7 aromatic rings. The molecule has 1 aliphatic heterocycles. The first-order valence-electron chi connectivity index (χ1n) is 13.5. The number of para-hydroxylation sites is 1. The summed E-state index contributed by atoms with van der Waals surface area (Å²) in [4.78, 5) is 2.36. The van der Waals surface area contributed by atoms with Crippen molar-refractivity contribution in [2.24, 2.45) is 0 Å². The number of fused-ring (bicyclic) bond motifs is 12. The van der Waals surface area contributed by atoms with Crippen LogP contribution in [0.4, 0.5) is 0 Å². The third-order valence-corrected chi connectivity index (χ3v) is 10.3. The van der Waals surface area contributed by atoms with Crippen LogP contribution < -0.4 is 0 Å². The van der Waals surface area contributed by atoms with Crippen LogP contribution in [-0.4, -0.2) is 0 Å². The molecular weight excluding hydrogens is 528 g/mol. The molecule has 0 atom stereocenters. The lowest BCUT2D eigenvalue weighted by Crippen LogP contribution is -2.32. The number of rotatable bonds is 1. The van der Waals surface area contributed by atoms with Crippen LogP contribution in [0.3, 0.4) is 0 Å². The van der Waals surface area contributed by atoms with Crippen molar-refractivity contribution in [1.29, 1.82) is 0 Å². The van der Waals surface area contributed by atoms with E-state index in [1.54, 1.807) is 11.8 Å². The van der Waals surface area contributed by atoms with Crippen molar-refractivity contribution in [1.82, 2.24) is 0 Å². The third kappa shape index (κ3) is 2.85. The summed E-state index contributed by atoms with van der Waals surface area (Å²) in [5, 5.41) is 3.09. The van der Waals surface area contributed by atoms with Gasteiger partial charge in [0, 0.05) is 20.6 Å². The molecule has 2 heterocycles. The van der Waals surface area contributed by atoms with E-state index in [0.717, 1.165) is 37.4 Å². The van der Waals surface area contributed by atoms with Gasteiger partial charge in [0.25, 0.3) is 0 Å².